The van der Waals surface area contributed by atoms with Crippen LogP contribution in [0.15, 0.2) is 59.8 Å². The van der Waals surface area contributed by atoms with Gasteiger partial charge < -0.3 is 10.4 Å². The number of aromatic nitrogens is 2. The topological polar surface area (TPSA) is 125 Å². The molecule has 0 radical (unpaired) electrons. The third kappa shape index (κ3) is 2.33. The maximum Gasteiger partial charge on any atom is 0.284 e. The van der Waals surface area contributed by atoms with Crippen molar-refractivity contribution in [2.24, 2.45) is 5.18 Å². The molecule has 3 rings (SSSR count). The number of hydrogen-bond acceptors (Lipinski definition) is 6. The zero-order chi connectivity index (χ0) is 17.3. The number of nitro benzene ring substituents is 1. The number of rotatable bonds is 4. The highest BCUT2D eigenvalue weighted by Crippen LogP contribution is 2.37. The fraction of sp³-hybridized carbons (Fsp3) is 0. The number of non-ortho nitro benzene ring substituents is 1. The van der Waals surface area contributed by atoms with E-state index in [-0.39, 0.29) is 38.0 Å². The molecule has 0 fully saturated rings. The Morgan fingerprint density at radius 3 is 2.21 bits per heavy atom. The van der Waals surface area contributed by atoms with Crippen LogP contribution in [0.5, 0.6) is 0 Å². The van der Waals surface area contributed by atoms with E-state index in [1.807, 2.05) is 0 Å². The highest BCUT2D eigenvalue weighted by Gasteiger charge is 2.31. The number of benzene rings is 2. The highest BCUT2D eigenvalue weighted by atomic mass is 16.6. The third-order valence-electron chi connectivity index (χ3n) is 3.50. The first-order valence-corrected chi connectivity index (χ1v) is 6.76. The van der Waals surface area contributed by atoms with Gasteiger partial charge in [-0.2, -0.15) is 0 Å². The Hall–Kier alpha value is -3.75. The van der Waals surface area contributed by atoms with Crippen LogP contribution in [0.3, 0.4) is 0 Å². The van der Waals surface area contributed by atoms with Crippen LogP contribution >= 0.6 is 0 Å². The van der Waals surface area contributed by atoms with E-state index in [1.54, 1.807) is 30.3 Å². The number of nitroso groups, excluding NO2 is 1. The lowest BCUT2D eigenvalue weighted by molar-refractivity contribution is -0.714. The molecule has 0 aliphatic carbocycles. The van der Waals surface area contributed by atoms with Crippen molar-refractivity contribution in [3.8, 4) is 22.5 Å². The summed E-state index contributed by atoms with van der Waals surface area (Å²) < 4.78 is 0. The van der Waals surface area contributed by atoms with Crippen molar-refractivity contribution in [2.75, 3.05) is 0 Å². The van der Waals surface area contributed by atoms with Crippen molar-refractivity contribution in [1.82, 2.24) is 4.85 Å². The first kappa shape index (κ1) is 15.2. The Morgan fingerprint density at radius 2 is 1.67 bits per heavy atom. The molecule has 3 aromatic rings. The molecule has 0 amide bonds. The summed E-state index contributed by atoms with van der Waals surface area (Å²) in [5, 5.41) is 35.9. The number of hydrogen-bond donors (Lipinski definition) is 1. The van der Waals surface area contributed by atoms with Crippen molar-refractivity contribution in [3.05, 3.63) is 74.8 Å². The van der Waals surface area contributed by atoms with Crippen molar-refractivity contribution >= 4 is 11.4 Å². The average molecular weight is 326 g/mol. The fourth-order valence-corrected chi connectivity index (χ4v) is 2.41. The summed E-state index contributed by atoms with van der Waals surface area (Å²) in [7, 11) is 0. The van der Waals surface area contributed by atoms with Crippen molar-refractivity contribution in [1.29, 1.82) is 0 Å². The third-order valence-corrected chi connectivity index (χ3v) is 3.50. The van der Waals surface area contributed by atoms with Gasteiger partial charge in [0.2, 0.25) is 5.69 Å². The van der Waals surface area contributed by atoms with Gasteiger partial charge in [-0.1, -0.05) is 30.3 Å². The van der Waals surface area contributed by atoms with Gasteiger partial charge in [0.1, 0.15) is 0 Å². The largest absolute Gasteiger partial charge is 0.593 e. The van der Waals surface area contributed by atoms with Gasteiger partial charge in [0, 0.05) is 22.5 Å². The first-order chi connectivity index (χ1) is 11.5. The second kappa shape index (κ2) is 5.80. The van der Waals surface area contributed by atoms with Gasteiger partial charge >= 0.3 is 0 Å². The molecule has 0 aliphatic heterocycles. The van der Waals surface area contributed by atoms with Gasteiger partial charge in [-0.3, -0.25) is 10.1 Å². The molecule has 1 aromatic heterocycles. The molecule has 0 saturated heterocycles. The molecule has 9 heteroatoms. The van der Waals surface area contributed by atoms with E-state index >= 15 is 0 Å². The number of nitro groups is 1. The summed E-state index contributed by atoms with van der Waals surface area (Å²) in [4.78, 5) is 21.8. The Labute approximate surface area is 134 Å². The predicted molar refractivity (Wildman–Crippen MR) is 83.6 cm³/mol. The predicted octanol–water partition coefficient (Wildman–Crippen LogP) is 3.00. The molecule has 120 valence electrons. The van der Waals surface area contributed by atoms with Crippen LogP contribution in [-0.4, -0.2) is 15.0 Å². The van der Waals surface area contributed by atoms with E-state index in [1.165, 1.54) is 24.3 Å². The van der Waals surface area contributed by atoms with Crippen LogP contribution in [0.1, 0.15) is 0 Å². The van der Waals surface area contributed by atoms with Gasteiger partial charge in [0.25, 0.3) is 11.4 Å². The molecule has 1 N–H and O–H groups in total. The Balaban J connectivity index is 2.22. The lowest BCUT2D eigenvalue weighted by atomic mass is 10.1. The van der Waals surface area contributed by atoms with Crippen molar-refractivity contribution in [2.45, 2.75) is 0 Å². The molecule has 24 heavy (non-hydrogen) atoms. The molecular formula is C15H10N4O5. The molecule has 0 saturated carbocycles. The summed E-state index contributed by atoms with van der Waals surface area (Å²) in [5.74, 6) is 0. The minimum Gasteiger partial charge on any atom is -0.593 e. The lowest BCUT2D eigenvalue weighted by Crippen LogP contribution is -2.38. The number of nitrogens with zero attached hydrogens (tertiary/aromatic N) is 4. The van der Waals surface area contributed by atoms with E-state index < -0.39 is 4.92 Å². The van der Waals surface area contributed by atoms with Crippen LogP contribution in [-0.2, 0) is 0 Å². The molecular weight excluding hydrogens is 316 g/mol. The van der Waals surface area contributed by atoms with E-state index in [2.05, 4.69) is 5.18 Å². The quantitative estimate of drug-likeness (QED) is 0.197. The van der Waals surface area contributed by atoms with Gasteiger partial charge in [0.05, 0.1) is 10.5 Å². The van der Waals surface area contributed by atoms with E-state index in [9.17, 15) is 25.4 Å². The molecule has 0 aliphatic rings. The molecule has 9 nitrogen and oxygen atoms in total. The van der Waals surface area contributed by atoms with Gasteiger partial charge in [0.15, 0.2) is 5.69 Å². The summed E-state index contributed by atoms with van der Waals surface area (Å²) >= 11 is 0. The van der Waals surface area contributed by atoms with Crippen LogP contribution in [0.2, 0.25) is 0 Å². The summed E-state index contributed by atoms with van der Waals surface area (Å²) in [6, 6.07) is 13.3. The second-order valence-corrected chi connectivity index (χ2v) is 4.87. The van der Waals surface area contributed by atoms with Gasteiger partial charge in [-0.25, -0.2) is 0 Å². The maximum absolute atomic E-state index is 12.3. The first-order valence-electron chi connectivity index (χ1n) is 6.76. The minimum absolute atomic E-state index is 0.0612. The van der Waals surface area contributed by atoms with Crippen LogP contribution in [0.4, 0.5) is 11.4 Å². The van der Waals surface area contributed by atoms with Gasteiger partial charge in [-0.05, 0) is 22.2 Å². The molecule has 0 spiro atoms. The molecule has 0 unspecified atom stereocenters. The summed E-state index contributed by atoms with van der Waals surface area (Å²) in [5.41, 5.74) is -0.0335. The second-order valence-electron chi connectivity index (χ2n) is 4.87. The monoisotopic (exact) mass is 326 g/mol. The Kier molecular flexibility index (Phi) is 3.66. The summed E-state index contributed by atoms with van der Waals surface area (Å²) in [6.45, 7) is 0. The van der Waals surface area contributed by atoms with Gasteiger partial charge in [-0.15, -0.1) is 4.91 Å². The van der Waals surface area contributed by atoms with Crippen LogP contribution < -0.4 is 4.85 Å². The molecule has 2 aromatic carbocycles. The molecule has 0 bridgehead atoms. The maximum atomic E-state index is 12.3. The zero-order valence-electron chi connectivity index (χ0n) is 12.1. The van der Waals surface area contributed by atoms with Crippen LogP contribution in [0, 0.1) is 20.2 Å². The standard InChI is InChI=1S/C15H10N4O5/c20-16-13-14(10-4-2-1-3-5-10)17(21)18(22)15(13)11-6-8-12(9-7-11)19(23)24/h1-9,21H. The van der Waals surface area contributed by atoms with Crippen molar-refractivity contribution in [3.63, 3.8) is 0 Å². The normalized spacial score (nSPS) is 10.5. The zero-order valence-corrected chi connectivity index (χ0v) is 12.1. The van der Waals surface area contributed by atoms with E-state index in [4.69, 9.17) is 0 Å². The molecule has 0 atom stereocenters. The fourth-order valence-electron chi connectivity index (χ4n) is 2.41. The molecule has 1 heterocycles. The average Bonchev–Trinajstić information content (AvgIpc) is 2.86. The van der Waals surface area contributed by atoms with Crippen LogP contribution in [0.25, 0.3) is 22.5 Å². The van der Waals surface area contributed by atoms with E-state index in [0.717, 1.165) is 0 Å². The Morgan fingerprint density at radius 1 is 1.04 bits per heavy atom. The van der Waals surface area contributed by atoms with E-state index in [0.29, 0.717) is 5.56 Å². The SMILES string of the molecule is O=Nc1c(-c2ccccc2)n(O)[n+]([O-])c1-c1ccc([N+](=O)[O-])cc1. The smallest absolute Gasteiger partial charge is 0.284 e. The highest BCUT2D eigenvalue weighted by molar-refractivity contribution is 5.82. The minimum atomic E-state index is -0.583. The van der Waals surface area contributed by atoms with Crippen molar-refractivity contribution < 1.29 is 15.0 Å². The Bertz CT molecular complexity index is 919. The summed E-state index contributed by atoms with van der Waals surface area (Å²) in [6.07, 6.45) is 0. The lowest BCUT2D eigenvalue weighted by Gasteiger charge is -2.00.